The van der Waals surface area contributed by atoms with E-state index < -0.39 is 0 Å². The van der Waals surface area contributed by atoms with E-state index in [1.807, 2.05) is 42.5 Å². The largest absolute Gasteiger partial charge is 0.383 e. The molecule has 0 aliphatic heterocycles. The third-order valence-electron chi connectivity index (χ3n) is 3.38. The molecule has 2 amide bonds. The Bertz CT molecular complexity index is 675. The smallest absolute Gasteiger partial charge is 0.255 e. The van der Waals surface area contributed by atoms with Crippen LogP contribution in [0.3, 0.4) is 0 Å². The second-order valence-corrected chi connectivity index (χ2v) is 6.34. The standard InChI is InChI=1S/C19H22N2O3S/c1-24-12-11-20-18(22)14-25-13-15-7-9-16(10-8-15)19(23)21-17-5-3-2-4-6-17/h2-10H,11-14H2,1H3,(H,20,22)(H,21,23). The molecule has 0 aromatic heterocycles. The van der Waals surface area contributed by atoms with Crippen LogP contribution in [0.25, 0.3) is 0 Å². The monoisotopic (exact) mass is 358 g/mol. The topological polar surface area (TPSA) is 67.4 Å². The Morgan fingerprint density at radius 1 is 1.04 bits per heavy atom. The van der Waals surface area contributed by atoms with Crippen LogP contribution in [0, 0.1) is 0 Å². The molecule has 0 aliphatic carbocycles. The number of carbonyl (C=O) groups is 2. The minimum Gasteiger partial charge on any atom is -0.383 e. The predicted octanol–water partition coefficient (Wildman–Crippen LogP) is 2.93. The van der Waals surface area contributed by atoms with E-state index in [0.717, 1.165) is 17.0 Å². The van der Waals surface area contributed by atoms with Crippen molar-refractivity contribution in [3.8, 4) is 0 Å². The highest BCUT2D eigenvalue weighted by Crippen LogP contribution is 2.14. The van der Waals surface area contributed by atoms with Crippen molar-refractivity contribution in [3.63, 3.8) is 0 Å². The summed E-state index contributed by atoms with van der Waals surface area (Å²) in [4.78, 5) is 23.8. The van der Waals surface area contributed by atoms with E-state index in [9.17, 15) is 9.59 Å². The highest BCUT2D eigenvalue weighted by atomic mass is 32.2. The molecule has 25 heavy (non-hydrogen) atoms. The molecule has 0 saturated heterocycles. The quantitative estimate of drug-likeness (QED) is 0.677. The average molecular weight is 358 g/mol. The lowest BCUT2D eigenvalue weighted by Gasteiger charge is -2.07. The van der Waals surface area contributed by atoms with Crippen molar-refractivity contribution in [1.29, 1.82) is 0 Å². The molecule has 2 aromatic rings. The van der Waals surface area contributed by atoms with Crippen LogP contribution in [0.4, 0.5) is 5.69 Å². The number of amides is 2. The number of nitrogens with one attached hydrogen (secondary N) is 2. The van der Waals surface area contributed by atoms with Gasteiger partial charge in [0.1, 0.15) is 0 Å². The summed E-state index contributed by atoms with van der Waals surface area (Å²) in [6.07, 6.45) is 0. The normalized spacial score (nSPS) is 10.3. The molecule has 0 spiro atoms. The first-order chi connectivity index (χ1) is 12.2. The Labute approximate surface area is 152 Å². The fourth-order valence-electron chi connectivity index (χ4n) is 2.08. The maximum Gasteiger partial charge on any atom is 0.255 e. The first-order valence-electron chi connectivity index (χ1n) is 7.98. The van der Waals surface area contributed by atoms with Gasteiger partial charge in [-0.2, -0.15) is 0 Å². The molecule has 0 heterocycles. The summed E-state index contributed by atoms with van der Waals surface area (Å²) in [6.45, 7) is 1.05. The van der Waals surface area contributed by atoms with E-state index in [2.05, 4.69) is 10.6 Å². The lowest BCUT2D eigenvalue weighted by Crippen LogP contribution is -2.28. The van der Waals surface area contributed by atoms with Gasteiger partial charge < -0.3 is 15.4 Å². The maximum absolute atomic E-state index is 12.2. The number of rotatable bonds is 9. The molecule has 0 unspecified atom stereocenters. The van der Waals surface area contributed by atoms with Gasteiger partial charge in [0.15, 0.2) is 0 Å². The number of anilines is 1. The van der Waals surface area contributed by atoms with Gasteiger partial charge in [-0.05, 0) is 29.8 Å². The summed E-state index contributed by atoms with van der Waals surface area (Å²) in [6, 6.07) is 16.8. The Kier molecular flexibility index (Phi) is 8.01. The average Bonchev–Trinajstić information content (AvgIpc) is 2.63. The van der Waals surface area contributed by atoms with E-state index in [0.29, 0.717) is 24.5 Å². The van der Waals surface area contributed by atoms with Crippen LogP contribution in [0.5, 0.6) is 0 Å². The van der Waals surface area contributed by atoms with Crippen LogP contribution in [-0.2, 0) is 15.3 Å². The fourth-order valence-corrected chi connectivity index (χ4v) is 2.90. The molecule has 0 saturated carbocycles. The van der Waals surface area contributed by atoms with Crippen LogP contribution >= 0.6 is 11.8 Å². The lowest BCUT2D eigenvalue weighted by molar-refractivity contribution is -0.118. The van der Waals surface area contributed by atoms with Gasteiger partial charge in [0.2, 0.25) is 5.91 Å². The van der Waals surface area contributed by atoms with Crippen molar-refractivity contribution in [2.75, 3.05) is 31.3 Å². The molecule has 2 N–H and O–H groups in total. The molecule has 0 aliphatic rings. The zero-order valence-electron chi connectivity index (χ0n) is 14.2. The van der Waals surface area contributed by atoms with Crippen molar-refractivity contribution >= 4 is 29.3 Å². The zero-order valence-corrected chi connectivity index (χ0v) is 15.0. The highest BCUT2D eigenvalue weighted by molar-refractivity contribution is 7.99. The van der Waals surface area contributed by atoms with E-state index in [1.165, 1.54) is 11.8 Å². The molecular weight excluding hydrogens is 336 g/mol. The van der Waals surface area contributed by atoms with E-state index in [-0.39, 0.29) is 11.8 Å². The molecule has 0 atom stereocenters. The number of hydrogen-bond donors (Lipinski definition) is 2. The molecule has 2 rings (SSSR count). The summed E-state index contributed by atoms with van der Waals surface area (Å²) >= 11 is 1.54. The van der Waals surface area contributed by atoms with Gasteiger partial charge in [-0.15, -0.1) is 11.8 Å². The maximum atomic E-state index is 12.2. The fraction of sp³-hybridized carbons (Fsp3) is 0.263. The highest BCUT2D eigenvalue weighted by Gasteiger charge is 2.06. The van der Waals surface area contributed by atoms with E-state index >= 15 is 0 Å². The second-order valence-electron chi connectivity index (χ2n) is 5.35. The lowest BCUT2D eigenvalue weighted by atomic mass is 10.1. The summed E-state index contributed by atoms with van der Waals surface area (Å²) in [7, 11) is 1.60. The third kappa shape index (κ3) is 6.99. The molecule has 0 bridgehead atoms. The van der Waals surface area contributed by atoms with Gasteiger partial charge in [0.05, 0.1) is 12.4 Å². The number of carbonyl (C=O) groups excluding carboxylic acids is 2. The van der Waals surface area contributed by atoms with Gasteiger partial charge in [0, 0.05) is 30.7 Å². The summed E-state index contributed by atoms with van der Waals surface area (Å²) in [5, 5.41) is 5.63. The van der Waals surface area contributed by atoms with Crippen LogP contribution in [0.1, 0.15) is 15.9 Å². The minimum absolute atomic E-state index is 0.000842. The Morgan fingerprint density at radius 2 is 1.76 bits per heavy atom. The number of benzene rings is 2. The Hall–Kier alpha value is -2.31. The summed E-state index contributed by atoms with van der Waals surface area (Å²) in [5.74, 6) is 0.988. The van der Waals surface area contributed by atoms with Gasteiger partial charge in [-0.3, -0.25) is 9.59 Å². The predicted molar refractivity (Wildman–Crippen MR) is 102 cm³/mol. The zero-order chi connectivity index (χ0) is 17.9. The molecular formula is C19H22N2O3S. The van der Waals surface area contributed by atoms with Crippen molar-refractivity contribution in [2.24, 2.45) is 0 Å². The molecule has 2 aromatic carbocycles. The van der Waals surface area contributed by atoms with Crippen molar-refractivity contribution < 1.29 is 14.3 Å². The second kappa shape index (κ2) is 10.5. The number of ether oxygens (including phenoxy) is 1. The van der Waals surface area contributed by atoms with Crippen molar-refractivity contribution in [2.45, 2.75) is 5.75 Å². The first-order valence-corrected chi connectivity index (χ1v) is 9.13. The van der Waals surface area contributed by atoms with Crippen LogP contribution in [-0.4, -0.2) is 37.8 Å². The number of methoxy groups -OCH3 is 1. The molecule has 0 radical (unpaired) electrons. The van der Waals surface area contributed by atoms with Crippen LogP contribution in [0.15, 0.2) is 54.6 Å². The van der Waals surface area contributed by atoms with E-state index in [4.69, 9.17) is 4.74 Å². The van der Waals surface area contributed by atoms with Gasteiger partial charge in [-0.1, -0.05) is 30.3 Å². The summed E-state index contributed by atoms with van der Waals surface area (Å²) < 4.78 is 4.88. The van der Waals surface area contributed by atoms with E-state index in [1.54, 1.807) is 19.2 Å². The van der Waals surface area contributed by atoms with Gasteiger partial charge in [-0.25, -0.2) is 0 Å². The number of hydrogen-bond acceptors (Lipinski definition) is 4. The number of thioether (sulfide) groups is 1. The van der Waals surface area contributed by atoms with Gasteiger partial charge >= 0.3 is 0 Å². The van der Waals surface area contributed by atoms with Crippen molar-refractivity contribution in [3.05, 3.63) is 65.7 Å². The number of para-hydroxylation sites is 1. The van der Waals surface area contributed by atoms with Crippen molar-refractivity contribution in [1.82, 2.24) is 5.32 Å². The SMILES string of the molecule is COCCNC(=O)CSCc1ccc(C(=O)Nc2ccccc2)cc1. The molecule has 132 valence electrons. The molecule has 5 nitrogen and oxygen atoms in total. The van der Waals surface area contributed by atoms with Crippen LogP contribution in [0.2, 0.25) is 0 Å². The molecule has 6 heteroatoms. The van der Waals surface area contributed by atoms with Gasteiger partial charge in [0.25, 0.3) is 5.91 Å². The Balaban J connectivity index is 1.76. The summed E-state index contributed by atoms with van der Waals surface area (Å²) in [5.41, 5.74) is 2.45. The molecule has 0 fully saturated rings. The first kappa shape index (κ1) is 19.0. The third-order valence-corrected chi connectivity index (χ3v) is 4.38. The Morgan fingerprint density at radius 3 is 2.44 bits per heavy atom. The van der Waals surface area contributed by atoms with Crippen LogP contribution < -0.4 is 10.6 Å². The minimum atomic E-state index is -0.136.